The minimum absolute atomic E-state index is 1.04. The lowest BCUT2D eigenvalue weighted by molar-refractivity contribution is 0.368. The average Bonchev–Trinajstić information content (AvgIpc) is 2.73. The van der Waals surface area contributed by atoms with Crippen molar-refractivity contribution in [2.24, 2.45) is 5.92 Å². The largest absolute Gasteiger partial charge is 0.0654 e. The molecular weight excluding hydrogens is 348 g/mol. The van der Waals surface area contributed by atoms with Crippen molar-refractivity contribution >= 4 is 0 Å². The molecule has 0 nitrogen and oxygen atoms in total. The second kappa shape index (κ2) is 26.0. The highest BCUT2D eigenvalue weighted by Crippen LogP contribution is 2.24. The first-order valence-electron chi connectivity index (χ1n) is 14.3. The highest BCUT2D eigenvalue weighted by atomic mass is 14.1. The van der Waals surface area contributed by atoms with Crippen LogP contribution in [0.15, 0.2) is 0 Å². The van der Waals surface area contributed by atoms with E-state index in [4.69, 9.17) is 0 Å². The monoisotopic (exact) mass is 408 g/mol. The Kier molecular flexibility index (Phi) is 26.0. The smallest absolute Gasteiger partial charge is 0.0414 e. The Labute approximate surface area is 187 Å². The molecule has 0 spiro atoms. The summed E-state index contributed by atoms with van der Waals surface area (Å²) in [6.45, 7) is 6.97. The number of unbranched alkanes of at least 4 members (excludes halogenated alkanes) is 19. The van der Waals surface area contributed by atoms with Crippen LogP contribution < -0.4 is 0 Å². The molecule has 0 heterocycles. The first kappa shape index (κ1) is 29.0. The minimum Gasteiger partial charge on any atom is -0.0654 e. The molecule has 29 heavy (non-hydrogen) atoms. The van der Waals surface area contributed by atoms with Crippen molar-refractivity contribution in [1.29, 1.82) is 0 Å². The van der Waals surface area contributed by atoms with Crippen molar-refractivity contribution < 1.29 is 0 Å². The molecule has 0 aliphatic carbocycles. The van der Waals surface area contributed by atoms with E-state index in [1.807, 2.05) is 0 Å². The Hall–Kier alpha value is 0. The molecule has 0 heteroatoms. The van der Waals surface area contributed by atoms with Gasteiger partial charge < -0.3 is 0 Å². The standard InChI is InChI=1S/C29H60/c1-4-7-10-12-13-14-15-16-17-18-19-20-22-25-28-29(26-23-9-6-3)27-24-21-11-8-5-2/h29H,4-28H2,1-3H3. The van der Waals surface area contributed by atoms with Crippen LogP contribution in [-0.4, -0.2) is 0 Å². The van der Waals surface area contributed by atoms with Gasteiger partial charge in [0, 0.05) is 0 Å². The molecule has 0 saturated carbocycles. The maximum atomic E-state index is 2.34. The number of hydrogen-bond acceptors (Lipinski definition) is 0. The molecule has 0 N–H and O–H groups in total. The Morgan fingerprint density at radius 1 is 0.276 bits per heavy atom. The van der Waals surface area contributed by atoms with Crippen molar-refractivity contribution in [3.8, 4) is 0 Å². The van der Waals surface area contributed by atoms with E-state index in [2.05, 4.69) is 20.8 Å². The van der Waals surface area contributed by atoms with Crippen LogP contribution in [0.5, 0.6) is 0 Å². The molecule has 0 aliphatic heterocycles. The summed E-state index contributed by atoms with van der Waals surface area (Å²) in [5.74, 6) is 1.04. The van der Waals surface area contributed by atoms with E-state index < -0.39 is 0 Å². The second-order valence-electron chi connectivity index (χ2n) is 9.95. The second-order valence-corrected chi connectivity index (χ2v) is 9.95. The molecule has 0 rings (SSSR count). The third-order valence-electron chi connectivity index (χ3n) is 6.90. The first-order chi connectivity index (χ1) is 14.3. The van der Waals surface area contributed by atoms with Gasteiger partial charge in [-0.25, -0.2) is 0 Å². The Bertz CT molecular complexity index is 269. The van der Waals surface area contributed by atoms with Crippen molar-refractivity contribution in [3.05, 3.63) is 0 Å². The van der Waals surface area contributed by atoms with Crippen LogP contribution in [0.3, 0.4) is 0 Å². The predicted molar refractivity (Wildman–Crippen MR) is 136 cm³/mol. The fraction of sp³-hybridized carbons (Fsp3) is 1.00. The molecule has 0 aromatic carbocycles. The quantitative estimate of drug-likeness (QED) is 0.132. The summed E-state index contributed by atoms with van der Waals surface area (Å²) in [7, 11) is 0. The lowest BCUT2D eigenvalue weighted by Gasteiger charge is -2.17. The van der Waals surface area contributed by atoms with Gasteiger partial charge in [-0.05, 0) is 5.92 Å². The summed E-state index contributed by atoms with van der Waals surface area (Å²) >= 11 is 0. The van der Waals surface area contributed by atoms with Gasteiger partial charge in [-0.2, -0.15) is 0 Å². The van der Waals surface area contributed by atoms with Gasteiger partial charge in [0.15, 0.2) is 0 Å². The highest BCUT2D eigenvalue weighted by molar-refractivity contribution is 4.62. The maximum absolute atomic E-state index is 2.34. The van der Waals surface area contributed by atoms with Crippen LogP contribution in [0.4, 0.5) is 0 Å². The molecule has 0 fully saturated rings. The van der Waals surface area contributed by atoms with Gasteiger partial charge in [-0.3, -0.25) is 0 Å². The average molecular weight is 409 g/mol. The van der Waals surface area contributed by atoms with Crippen molar-refractivity contribution in [2.45, 2.75) is 181 Å². The lowest BCUT2D eigenvalue weighted by Crippen LogP contribution is -2.01. The van der Waals surface area contributed by atoms with Gasteiger partial charge in [0.2, 0.25) is 0 Å². The molecule has 0 aliphatic rings. The molecular formula is C29H60. The van der Waals surface area contributed by atoms with E-state index in [-0.39, 0.29) is 0 Å². The summed E-state index contributed by atoms with van der Waals surface area (Å²) in [5.41, 5.74) is 0. The Morgan fingerprint density at radius 2 is 0.483 bits per heavy atom. The van der Waals surface area contributed by atoms with Gasteiger partial charge in [-0.1, -0.05) is 181 Å². The van der Waals surface area contributed by atoms with E-state index >= 15 is 0 Å². The van der Waals surface area contributed by atoms with E-state index in [0.717, 1.165) is 5.92 Å². The zero-order chi connectivity index (χ0) is 21.3. The normalized spacial score (nSPS) is 12.5. The van der Waals surface area contributed by atoms with Crippen LogP contribution in [0.1, 0.15) is 181 Å². The zero-order valence-electron chi connectivity index (χ0n) is 21.3. The molecule has 0 aromatic rings. The van der Waals surface area contributed by atoms with Gasteiger partial charge in [0.25, 0.3) is 0 Å². The van der Waals surface area contributed by atoms with E-state index in [0.29, 0.717) is 0 Å². The molecule has 0 saturated heterocycles. The molecule has 0 amide bonds. The number of rotatable bonds is 25. The van der Waals surface area contributed by atoms with E-state index in [1.165, 1.54) is 161 Å². The van der Waals surface area contributed by atoms with Crippen LogP contribution in [-0.2, 0) is 0 Å². The third kappa shape index (κ3) is 24.1. The van der Waals surface area contributed by atoms with Crippen molar-refractivity contribution in [1.82, 2.24) is 0 Å². The SMILES string of the molecule is CCCCCCCCCCCCCCCCC(CCCCC)CCCCCCC. The fourth-order valence-corrected chi connectivity index (χ4v) is 4.78. The summed E-state index contributed by atoms with van der Waals surface area (Å²) in [6, 6.07) is 0. The lowest BCUT2D eigenvalue weighted by atomic mass is 9.89. The van der Waals surface area contributed by atoms with Crippen LogP contribution in [0.25, 0.3) is 0 Å². The fourth-order valence-electron chi connectivity index (χ4n) is 4.78. The zero-order valence-corrected chi connectivity index (χ0v) is 21.3. The molecule has 1 unspecified atom stereocenters. The number of hydrogen-bond donors (Lipinski definition) is 0. The molecule has 1 atom stereocenters. The summed E-state index contributed by atoms with van der Waals surface area (Å²) in [4.78, 5) is 0. The van der Waals surface area contributed by atoms with E-state index in [9.17, 15) is 0 Å². The molecule has 176 valence electrons. The van der Waals surface area contributed by atoms with Gasteiger partial charge >= 0.3 is 0 Å². The molecule has 0 bridgehead atoms. The predicted octanol–water partition coefficient (Wildman–Crippen LogP) is 11.4. The highest BCUT2D eigenvalue weighted by Gasteiger charge is 2.08. The van der Waals surface area contributed by atoms with Gasteiger partial charge in [0.1, 0.15) is 0 Å². The van der Waals surface area contributed by atoms with Crippen LogP contribution in [0, 0.1) is 5.92 Å². The van der Waals surface area contributed by atoms with Gasteiger partial charge in [-0.15, -0.1) is 0 Å². The van der Waals surface area contributed by atoms with Gasteiger partial charge in [0.05, 0.1) is 0 Å². The minimum atomic E-state index is 1.04. The molecule has 0 radical (unpaired) electrons. The van der Waals surface area contributed by atoms with Crippen molar-refractivity contribution in [2.75, 3.05) is 0 Å². The van der Waals surface area contributed by atoms with Crippen LogP contribution in [0.2, 0.25) is 0 Å². The Balaban J connectivity index is 3.48. The summed E-state index contributed by atoms with van der Waals surface area (Å²) in [5, 5.41) is 0. The summed E-state index contributed by atoms with van der Waals surface area (Å²) in [6.07, 6.45) is 36.8. The third-order valence-corrected chi connectivity index (χ3v) is 6.90. The topological polar surface area (TPSA) is 0 Å². The molecule has 0 aromatic heterocycles. The van der Waals surface area contributed by atoms with Crippen molar-refractivity contribution in [3.63, 3.8) is 0 Å². The maximum Gasteiger partial charge on any atom is -0.0414 e. The van der Waals surface area contributed by atoms with Crippen LogP contribution >= 0.6 is 0 Å². The first-order valence-corrected chi connectivity index (χ1v) is 14.3. The summed E-state index contributed by atoms with van der Waals surface area (Å²) < 4.78 is 0. The Morgan fingerprint density at radius 3 is 0.793 bits per heavy atom. The van der Waals surface area contributed by atoms with E-state index in [1.54, 1.807) is 0 Å².